The topological polar surface area (TPSA) is 64.4 Å². The quantitative estimate of drug-likeness (QED) is 0.629. The Kier molecular flexibility index (Phi) is 11.3. The first-order valence-corrected chi connectivity index (χ1v) is 7.54. The maximum Gasteiger partial charge on any atom is 0.272 e. The molecule has 4 nitrogen and oxygen atoms in total. The van der Waals surface area contributed by atoms with Crippen molar-refractivity contribution >= 4 is 24.0 Å². The highest BCUT2D eigenvalue weighted by Gasteiger charge is 2.08. The summed E-state index contributed by atoms with van der Waals surface area (Å²) in [7, 11) is 0. The van der Waals surface area contributed by atoms with E-state index in [0.29, 0.717) is 24.4 Å². The van der Waals surface area contributed by atoms with Crippen molar-refractivity contribution < 1.29 is 18.3 Å². The summed E-state index contributed by atoms with van der Waals surface area (Å²) in [6.07, 6.45) is 1.70. The highest BCUT2D eigenvalue weighted by atomic mass is 35.5. The van der Waals surface area contributed by atoms with Crippen LogP contribution in [0.1, 0.15) is 37.7 Å². The third-order valence-corrected chi connectivity index (χ3v) is 3.19. The van der Waals surface area contributed by atoms with E-state index in [1.165, 1.54) is 0 Å². The number of nitrogens with one attached hydrogen (secondary N) is 1. The molecule has 0 heterocycles. The first-order valence-electron chi connectivity index (χ1n) is 7.54. The maximum absolute atomic E-state index is 12.2. The van der Waals surface area contributed by atoms with Gasteiger partial charge in [-0.05, 0) is 37.9 Å². The molecule has 0 saturated heterocycles. The number of carbonyl (C=O) groups is 1. The Morgan fingerprint density at radius 2 is 1.96 bits per heavy atom. The van der Waals surface area contributed by atoms with E-state index in [-0.39, 0.29) is 18.3 Å². The van der Waals surface area contributed by atoms with Crippen molar-refractivity contribution in [2.75, 3.05) is 18.5 Å². The van der Waals surface area contributed by atoms with Crippen molar-refractivity contribution in [1.29, 1.82) is 0 Å². The third kappa shape index (κ3) is 9.36. The molecule has 1 rings (SSSR count). The Morgan fingerprint density at radius 1 is 1.26 bits per heavy atom. The molecule has 0 unspecified atom stereocenters. The van der Waals surface area contributed by atoms with E-state index in [0.717, 1.165) is 31.2 Å². The molecule has 132 valence electrons. The molecule has 3 N–H and O–H groups in total. The fourth-order valence-electron chi connectivity index (χ4n) is 1.99. The lowest BCUT2D eigenvalue weighted by Crippen LogP contribution is -2.12. The van der Waals surface area contributed by atoms with E-state index in [4.69, 9.17) is 10.5 Å². The Labute approximate surface area is 142 Å². The Hall–Kier alpha value is -1.40. The number of ether oxygens (including phenoxy) is 1. The smallest absolute Gasteiger partial charge is 0.272 e. The fraction of sp³-hybridized carbons (Fsp3) is 0.562. The summed E-state index contributed by atoms with van der Waals surface area (Å²) in [5.74, 6) is 0.275. The van der Waals surface area contributed by atoms with Gasteiger partial charge in [0.1, 0.15) is 12.4 Å². The van der Waals surface area contributed by atoms with Gasteiger partial charge < -0.3 is 15.8 Å². The van der Waals surface area contributed by atoms with Crippen LogP contribution < -0.4 is 15.8 Å². The molecule has 0 aliphatic rings. The van der Waals surface area contributed by atoms with Crippen LogP contribution in [0.3, 0.4) is 0 Å². The van der Waals surface area contributed by atoms with Crippen molar-refractivity contribution in [3.63, 3.8) is 0 Å². The summed E-state index contributed by atoms with van der Waals surface area (Å²) in [6.45, 7) is 1.79. The highest BCUT2D eigenvalue weighted by molar-refractivity contribution is 5.90. The van der Waals surface area contributed by atoms with E-state index in [1.54, 1.807) is 25.1 Å². The minimum atomic E-state index is -2.52. The van der Waals surface area contributed by atoms with Gasteiger partial charge in [0.05, 0.1) is 0 Å². The number of unbranched alkanes of at least 4 members (excludes halogenated alkanes) is 3. The second-order valence-electron chi connectivity index (χ2n) is 5.18. The zero-order chi connectivity index (χ0) is 16.4. The van der Waals surface area contributed by atoms with E-state index < -0.39 is 13.0 Å². The summed E-state index contributed by atoms with van der Waals surface area (Å²) in [4.78, 5) is 11.8. The lowest BCUT2D eigenvalue weighted by molar-refractivity contribution is -0.116. The lowest BCUT2D eigenvalue weighted by atomic mass is 10.1. The molecule has 0 aliphatic carbocycles. The predicted molar refractivity (Wildman–Crippen MR) is 90.7 cm³/mol. The van der Waals surface area contributed by atoms with Crippen LogP contribution in [0.5, 0.6) is 5.75 Å². The summed E-state index contributed by atoms with van der Waals surface area (Å²) in [5.41, 5.74) is 6.71. The van der Waals surface area contributed by atoms with Gasteiger partial charge in [0.2, 0.25) is 5.91 Å². The van der Waals surface area contributed by atoms with Gasteiger partial charge in [0, 0.05) is 18.2 Å². The number of hydrogen-bond donors (Lipinski definition) is 2. The zero-order valence-corrected chi connectivity index (χ0v) is 14.1. The largest absolute Gasteiger partial charge is 0.487 e. The molecule has 0 radical (unpaired) electrons. The van der Waals surface area contributed by atoms with Crippen LogP contribution in [-0.2, 0) is 4.79 Å². The number of anilines is 1. The average Bonchev–Trinajstić information content (AvgIpc) is 2.47. The molecule has 1 aromatic rings. The first-order chi connectivity index (χ1) is 10.5. The minimum absolute atomic E-state index is 0. The zero-order valence-electron chi connectivity index (χ0n) is 13.3. The molecule has 0 saturated carbocycles. The summed E-state index contributed by atoms with van der Waals surface area (Å²) in [6, 6.07) is 5.04. The van der Waals surface area contributed by atoms with Gasteiger partial charge in [-0.3, -0.25) is 4.79 Å². The van der Waals surface area contributed by atoms with Crippen molar-refractivity contribution in [2.24, 2.45) is 5.73 Å². The van der Waals surface area contributed by atoms with Crippen LogP contribution >= 0.6 is 12.4 Å². The molecule has 1 aromatic carbocycles. The number of rotatable bonds is 10. The Morgan fingerprint density at radius 3 is 2.61 bits per heavy atom. The van der Waals surface area contributed by atoms with Crippen molar-refractivity contribution in [3.8, 4) is 5.75 Å². The van der Waals surface area contributed by atoms with Crippen molar-refractivity contribution in [3.05, 3.63) is 23.8 Å². The van der Waals surface area contributed by atoms with Crippen LogP contribution in [0, 0.1) is 6.92 Å². The number of benzene rings is 1. The second kappa shape index (κ2) is 12.1. The molecule has 0 aromatic heterocycles. The molecule has 1 amide bonds. The number of hydrogen-bond acceptors (Lipinski definition) is 3. The van der Waals surface area contributed by atoms with Crippen LogP contribution in [-0.4, -0.2) is 25.5 Å². The predicted octanol–water partition coefficient (Wildman–Crippen LogP) is 3.91. The normalized spacial score (nSPS) is 10.3. The number of carbonyl (C=O) groups excluding carboxylic acids is 1. The van der Waals surface area contributed by atoms with E-state index in [1.807, 2.05) is 0 Å². The van der Waals surface area contributed by atoms with Gasteiger partial charge in [-0.15, -0.1) is 12.4 Å². The Balaban J connectivity index is 0.00000484. The molecule has 0 spiro atoms. The second-order valence-corrected chi connectivity index (χ2v) is 5.18. The van der Waals surface area contributed by atoms with Crippen LogP contribution in [0.4, 0.5) is 14.5 Å². The number of alkyl halides is 2. The van der Waals surface area contributed by atoms with Crippen LogP contribution in [0.2, 0.25) is 0 Å². The molecule has 0 fully saturated rings. The standard InChI is InChI=1S/C16H24F2N2O2.ClH/c1-12-7-8-13(10-14(12)22-11-15(17)18)20-16(21)6-4-2-3-5-9-19;/h7-8,10,15H,2-6,9,11,19H2,1H3,(H,20,21);1H. The highest BCUT2D eigenvalue weighted by Crippen LogP contribution is 2.23. The number of nitrogens with two attached hydrogens (primary N) is 1. The van der Waals surface area contributed by atoms with Gasteiger partial charge >= 0.3 is 0 Å². The lowest BCUT2D eigenvalue weighted by Gasteiger charge is -2.11. The van der Waals surface area contributed by atoms with Gasteiger partial charge in [-0.25, -0.2) is 8.78 Å². The maximum atomic E-state index is 12.2. The minimum Gasteiger partial charge on any atom is -0.487 e. The molecule has 0 atom stereocenters. The monoisotopic (exact) mass is 350 g/mol. The van der Waals surface area contributed by atoms with Gasteiger partial charge in [-0.2, -0.15) is 0 Å². The van der Waals surface area contributed by atoms with Gasteiger partial charge in [0.15, 0.2) is 0 Å². The van der Waals surface area contributed by atoms with E-state index in [2.05, 4.69) is 5.32 Å². The number of amides is 1. The van der Waals surface area contributed by atoms with Crippen molar-refractivity contribution in [2.45, 2.75) is 45.5 Å². The van der Waals surface area contributed by atoms with E-state index in [9.17, 15) is 13.6 Å². The van der Waals surface area contributed by atoms with Crippen molar-refractivity contribution in [1.82, 2.24) is 0 Å². The fourth-order valence-corrected chi connectivity index (χ4v) is 1.99. The number of aryl methyl sites for hydroxylation is 1. The van der Waals surface area contributed by atoms with Gasteiger partial charge in [-0.1, -0.05) is 18.9 Å². The number of halogens is 3. The van der Waals surface area contributed by atoms with E-state index >= 15 is 0 Å². The SMILES string of the molecule is Cc1ccc(NC(=O)CCCCCCN)cc1OCC(F)F.Cl. The molecule has 7 heteroatoms. The molecule has 23 heavy (non-hydrogen) atoms. The third-order valence-electron chi connectivity index (χ3n) is 3.19. The molecular weight excluding hydrogens is 326 g/mol. The van der Waals surface area contributed by atoms with Crippen LogP contribution in [0.25, 0.3) is 0 Å². The van der Waals surface area contributed by atoms with Gasteiger partial charge in [0.25, 0.3) is 6.43 Å². The summed E-state index contributed by atoms with van der Waals surface area (Å²) in [5, 5.41) is 2.76. The molecule has 0 aliphatic heterocycles. The summed E-state index contributed by atoms with van der Waals surface area (Å²) >= 11 is 0. The molecule has 0 bridgehead atoms. The van der Waals surface area contributed by atoms with Crippen LogP contribution in [0.15, 0.2) is 18.2 Å². The first kappa shape index (κ1) is 21.6. The molecular formula is C16H25ClF2N2O2. The Bertz CT molecular complexity index is 473. The average molecular weight is 351 g/mol. The summed E-state index contributed by atoms with van der Waals surface area (Å²) < 4.78 is 29.4.